The first-order valence-electron chi connectivity index (χ1n) is 10.5. The number of rotatable bonds is 8. The molecule has 0 saturated carbocycles. The van der Waals surface area contributed by atoms with E-state index in [0.29, 0.717) is 23.6 Å². The van der Waals surface area contributed by atoms with Crippen LogP contribution in [0.15, 0.2) is 78.2 Å². The number of thiazole rings is 1. The minimum Gasteiger partial charge on any atom is -0.487 e. The topological polar surface area (TPSA) is 80.3 Å². The van der Waals surface area contributed by atoms with Crippen molar-refractivity contribution in [2.24, 2.45) is 0 Å². The Morgan fingerprint density at radius 3 is 2.50 bits per heavy atom. The average molecular weight is 476 g/mol. The van der Waals surface area contributed by atoms with Crippen LogP contribution in [0.25, 0.3) is 0 Å². The van der Waals surface area contributed by atoms with E-state index in [2.05, 4.69) is 15.6 Å². The third-order valence-corrected chi connectivity index (χ3v) is 5.72. The highest BCUT2D eigenvalue weighted by atomic mass is 32.1. The van der Waals surface area contributed by atoms with E-state index in [1.165, 1.54) is 18.2 Å². The van der Waals surface area contributed by atoms with Crippen LogP contribution in [0.3, 0.4) is 0 Å². The number of halogens is 1. The van der Waals surface area contributed by atoms with Crippen LogP contribution in [0.5, 0.6) is 5.75 Å². The van der Waals surface area contributed by atoms with Crippen molar-refractivity contribution in [1.82, 2.24) is 10.3 Å². The molecule has 8 heteroatoms. The van der Waals surface area contributed by atoms with Gasteiger partial charge in [-0.15, -0.1) is 11.3 Å². The second-order valence-corrected chi connectivity index (χ2v) is 8.58. The smallest absolute Gasteiger partial charge is 0.255 e. The fraction of sp³-hybridized carbons (Fsp3) is 0.115. The van der Waals surface area contributed by atoms with Crippen LogP contribution in [0.1, 0.15) is 37.0 Å². The van der Waals surface area contributed by atoms with Crippen LogP contribution >= 0.6 is 11.3 Å². The summed E-state index contributed by atoms with van der Waals surface area (Å²) in [6, 6.07) is 19.5. The van der Waals surface area contributed by atoms with E-state index in [9.17, 15) is 14.0 Å². The van der Waals surface area contributed by atoms with Crippen LogP contribution in [-0.4, -0.2) is 16.8 Å². The van der Waals surface area contributed by atoms with Gasteiger partial charge in [0.15, 0.2) is 0 Å². The van der Waals surface area contributed by atoms with E-state index in [1.807, 2.05) is 18.4 Å². The molecule has 0 fully saturated rings. The zero-order chi connectivity index (χ0) is 23.9. The number of hydrogen-bond acceptors (Lipinski definition) is 5. The molecule has 6 nitrogen and oxygen atoms in total. The van der Waals surface area contributed by atoms with E-state index in [1.54, 1.807) is 59.9 Å². The van der Waals surface area contributed by atoms with Crippen molar-refractivity contribution < 1.29 is 18.7 Å². The summed E-state index contributed by atoms with van der Waals surface area (Å²) in [6.07, 6.45) is 0. The Balaban J connectivity index is 1.30. The number of aryl methyl sites for hydroxylation is 1. The number of benzene rings is 3. The molecule has 0 bridgehead atoms. The van der Waals surface area contributed by atoms with Gasteiger partial charge in [-0.05, 0) is 67.1 Å². The molecule has 34 heavy (non-hydrogen) atoms. The number of anilines is 1. The number of amides is 2. The highest BCUT2D eigenvalue weighted by molar-refractivity contribution is 7.09. The highest BCUT2D eigenvalue weighted by Gasteiger charge is 2.09. The van der Waals surface area contributed by atoms with E-state index in [4.69, 9.17) is 4.74 Å². The van der Waals surface area contributed by atoms with E-state index < -0.39 is 11.7 Å². The van der Waals surface area contributed by atoms with Crippen LogP contribution in [0.2, 0.25) is 0 Å². The molecule has 0 spiro atoms. The first kappa shape index (κ1) is 23.1. The Labute approximate surface area is 200 Å². The van der Waals surface area contributed by atoms with Crippen LogP contribution in [0, 0.1) is 12.7 Å². The maximum absolute atomic E-state index is 13.3. The van der Waals surface area contributed by atoms with Gasteiger partial charge >= 0.3 is 0 Å². The van der Waals surface area contributed by atoms with Crippen molar-refractivity contribution in [3.8, 4) is 5.75 Å². The zero-order valence-corrected chi connectivity index (χ0v) is 19.2. The van der Waals surface area contributed by atoms with Gasteiger partial charge in [0, 0.05) is 28.7 Å². The van der Waals surface area contributed by atoms with Crippen molar-refractivity contribution >= 4 is 28.8 Å². The minimum absolute atomic E-state index is 0.226. The Morgan fingerprint density at radius 1 is 0.971 bits per heavy atom. The molecule has 4 aromatic rings. The van der Waals surface area contributed by atoms with Gasteiger partial charge in [-0.1, -0.05) is 18.2 Å². The van der Waals surface area contributed by atoms with Gasteiger partial charge in [0.1, 0.15) is 18.2 Å². The predicted octanol–water partition coefficient (Wildman–Crippen LogP) is 5.35. The van der Waals surface area contributed by atoms with Gasteiger partial charge in [-0.2, -0.15) is 0 Å². The molecule has 0 radical (unpaired) electrons. The molecule has 0 unspecified atom stereocenters. The van der Waals surface area contributed by atoms with Gasteiger partial charge in [-0.25, -0.2) is 9.37 Å². The summed E-state index contributed by atoms with van der Waals surface area (Å²) in [4.78, 5) is 29.2. The molecule has 0 aliphatic carbocycles. The van der Waals surface area contributed by atoms with E-state index in [0.717, 1.165) is 16.3 Å². The molecule has 0 atom stereocenters. The largest absolute Gasteiger partial charge is 0.487 e. The summed E-state index contributed by atoms with van der Waals surface area (Å²) in [5.41, 5.74) is 2.97. The third-order valence-electron chi connectivity index (χ3n) is 4.89. The van der Waals surface area contributed by atoms with E-state index >= 15 is 0 Å². The number of ether oxygens (including phenoxy) is 1. The molecular weight excluding hydrogens is 453 g/mol. The Morgan fingerprint density at radius 2 is 1.76 bits per heavy atom. The Kier molecular flexibility index (Phi) is 7.29. The lowest BCUT2D eigenvalue weighted by molar-refractivity contribution is 0.0950. The third kappa shape index (κ3) is 6.26. The molecule has 2 amide bonds. The second-order valence-electron chi connectivity index (χ2n) is 7.52. The average Bonchev–Trinajstić information content (AvgIpc) is 3.27. The number of carbonyl (C=O) groups excluding carboxylic acids is 2. The lowest BCUT2D eigenvalue weighted by Crippen LogP contribution is -2.22. The van der Waals surface area contributed by atoms with Gasteiger partial charge < -0.3 is 15.4 Å². The maximum atomic E-state index is 13.3. The maximum Gasteiger partial charge on any atom is 0.255 e. The second kappa shape index (κ2) is 10.7. The number of nitrogens with one attached hydrogen (secondary N) is 2. The lowest BCUT2D eigenvalue weighted by Gasteiger charge is -2.10. The Bertz CT molecular complexity index is 1300. The lowest BCUT2D eigenvalue weighted by atomic mass is 10.1. The van der Waals surface area contributed by atoms with Gasteiger partial charge in [0.05, 0.1) is 10.7 Å². The summed E-state index contributed by atoms with van der Waals surface area (Å²) < 4.78 is 19.1. The normalized spacial score (nSPS) is 10.5. The first-order valence-corrected chi connectivity index (χ1v) is 11.4. The van der Waals surface area contributed by atoms with Crippen molar-refractivity contribution in [1.29, 1.82) is 0 Å². The molecule has 1 heterocycles. The van der Waals surface area contributed by atoms with Crippen molar-refractivity contribution in [3.63, 3.8) is 0 Å². The standard InChI is InChI=1S/C26H22FN3O3S/c1-17-29-23(16-34-17)15-33-24-10-8-19(9-11-24)25(31)28-14-18-4-2-7-22(12-18)30-26(32)20-5-3-6-21(27)13-20/h2-13,16H,14-15H2,1H3,(H,28,31)(H,30,32). The van der Waals surface area contributed by atoms with Crippen LogP contribution in [0.4, 0.5) is 10.1 Å². The zero-order valence-electron chi connectivity index (χ0n) is 18.4. The summed E-state index contributed by atoms with van der Waals surface area (Å²) in [5.74, 6) is -0.453. The van der Waals surface area contributed by atoms with Gasteiger partial charge in [0.25, 0.3) is 11.8 Å². The first-order chi connectivity index (χ1) is 16.5. The molecule has 0 aliphatic rings. The Hall–Kier alpha value is -4.04. The summed E-state index contributed by atoms with van der Waals surface area (Å²) in [7, 11) is 0. The molecular formula is C26H22FN3O3S. The SMILES string of the molecule is Cc1nc(COc2ccc(C(=O)NCc3cccc(NC(=O)c4cccc(F)c4)c3)cc2)cs1. The minimum atomic E-state index is -0.474. The highest BCUT2D eigenvalue weighted by Crippen LogP contribution is 2.16. The molecule has 172 valence electrons. The number of hydrogen-bond donors (Lipinski definition) is 2. The van der Waals surface area contributed by atoms with Gasteiger partial charge in [-0.3, -0.25) is 9.59 Å². The number of carbonyl (C=O) groups is 2. The van der Waals surface area contributed by atoms with Gasteiger partial charge in [0.2, 0.25) is 0 Å². The monoisotopic (exact) mass is 475 g/mol. The van der Waals surface area contributed by atoms with Crippen molar-refractivity contribution in [2.45, 2.75) is 20.1 Å². The molecule has 1 aromatic heterocycles. The molecule has 0 aliphatic heterocycles. The van der Waals surface area contributed by atoms with Crippen molar-refractivity contribution in [3.05, 3.63) is 111 Å². The molecule has 2 N–H and O–H groups in total. The predicted molar refractivity (Wildman–Crippen MR) is 130 cm³/mol. The van der Waals surface area contributed by atoms with E-state index in [-0.39, 0.29) is 18.0 Å². The van der Waals surface area contributed by atoms with Crippen LogP contribution in [-0.2, 0) is 13.2 Å². The summed E-state index contributed by atoms with van der Waals surface area (Å²) >= 11 is 1.57. The quantitative estimate of drug-likeness (QED) is 0.360. The molecule has 0 saturated heterocycles. The molecule has 4 rings (SSSR count). The molecule has 3 aromatic carbocycles. The van der Waals surface area contributed by atoms with Crippen molar-refractivity contribution in [2.75, 3.05) is 5.32 Å². The number of aromatic nitrogens is 1. The fourth-order valence-corrected chi connectivity index (χ4v) is 3.81. The summed E-state index contributed by atoms with van der Waals surface area (Å²) in [6.45, 7) is 2.60. The fourth-order valence-electron chi connectivity index (χ4n) is 3.21. The van der Waals surface area contributed by atoms with Crippen LogP contribution < -0.4 is 15.4 Å². The summed E-state index contributed by atoms with van der Waals surface area (Å²) in [5, 5.41) is 8.55. The number of nitrogens with zero attached hydrogens (tertiary/aromatic N) is 1.